The molecule has 1 aromatic heterocycles. The van der Waals surface area contributed by atoms with Crippen molar-refractivity contribution in [3.05, 3.63) is 71.7 Å². The normalized spacial score (nSPS) is 11.6. The van der Waals surface area contributed by atoms with Crippen molar-refractivity contribution in [2.75, 3.05) is 0 Å². The molecule has 1 amide bonds. The smallest absolute Gasteiger partial charge is 0.355 e. The third-order valence-electron chi connectivity index (χ3n) is 3.84. The Labute approximate surface area is 159 Å². The minimum atomic E-state index is -2.84. The molecule has 0 aliphatic carbocycles. The molecule has 0 saturated carbocycles. The summed E-state index contributed by atoms with van der Waals surface area (Å²) >= 11 is 0. The monoisotopic (exact) mass is 385 g/mol. The van der Waals surface area contributed by atoms with Crippen molar-refractivity contribution in [1.82, 2.24) is 14.9 Å². The molecule has 1 N–H and O–H groups in total. The van der Waals surface area contributed by atoms with E-state index in [1.165, 1.54) is 19.1 Å². The average molecular weight is 385 g/mol. The Kier molecular flexibility index (Phi) is 5.78. The number of alkyl halides is 2. The van der Waals surface area contributed by atoms with Gasteiger partial charge in [0.1, 0.15) is 12.3 Å². The van der Waals surface area contributed by atoms with Gasteiger partial charge < -0.3 is 10.1 Å². The first kappa shape index (κ1) is 19.2. The molecule has 0 saturated heterocycles. The topological polar surface area (TPSA) is 73.2 Å². The largest absolute Gasteiger partial charge is 0.453 e. The number of esters is 1. The van der Waals surface area contributed by atoms with Crippen LogP contribution in [0.3, 0.4) is 0 Å². The standard InChI is InChI=1S/C20H17F2N3O3/c1-13(26)23-16(11-14-7-3-2-4-8-14)19(27)28-12-18-24-15-9-5-6-10-17(15)25(18)20(21)22/h2-11,20H,12H2,1H3,(H,23,26)/b16-11+. The number of hydrogen-bond acceptors (Lipinski definition) is 4. The summed E-state index contributed by atoms with van der Waals surface area (Å²) in [7, 11) is 0. The summed E-state index contributed by atoms with van der Waals surface area (Å²) in [4.78, 5) is 27.9. The van der Waals surface area contributed by atoms with Crippen LogP contribution < -0.4 is 5.32 Å². The molecule has 3 rings (SSSR count). The quantitative estimate of drug-likeness (QED) is 0.519. The van der Waals surface area contributed by atoms with Gasteiger partial charge in [0.15, 0.2) is 5.82 Å². The van der Waals surface area contributed by atoms with E-state index in [-0.39, 0.29) is 17.0 Å². The zero-order chi connectivity index (χ0) is 20.1. The number of aromatic nitrogens is 2. The summed E-state index contributed by atoms with van der Waals surface area (Å²) in [5.74, 6) is -1.41. The molecule has 28 heavy (non-hydrogen) atoms. The number of imidazole rings is 1. The molecule has 0 unspecified atom stereocenters. The number of nitrogens with zero attached hydrogens (tertiary/aromatic N) is 2. The number of hydrogen-bond donors (Lipinski definition) is 1. The van der Waals surface area contributed by atoms with Gasteiger partial charge in [-0.25, -0.2) is 9.78 Å². The van der Waals surface area contributed by atoms with E-state index < -0.39 is 25.0 Å². The zero-order valence-corrected chi connectivity index (χ0v) is 14.9. The summed E-state index contributed by atoms with van der Waals surface area (Å²) in [6.45, 7) is -2.05. The Hall–Kier alpha value is -3.55. The van der Waals surface area contributed by atoms with Gasteiger partial charge in [-0.2, -0.15) is 8.78 Å². The van der Waals surface area contributed by atoms with Crippen LogP contribution in [0.15, 0.2) is 60.3 Å². The molecule has 8 heteroatoms. The highest BCUT2D eigenvalue weighted by atomic mass is 19.3. The zero-order valence-electron chi connectivity index (χ0n) is 14.9. The number of benzene rings is 2. The van der Waals surface area contributed by atoms with E-state index in [0.29, 0.717) is 15.6 Å². The van der Waals surface area contributed by atoms with Crippen molar-refractivity contribution in [1.29, 1.82) is 0 Å². The van der Waals surface area contributed by atoms with E-state index in [2.05, 4.69) is 10.3 Å². The summed E-state index contributed by atoms with van der Waals surface area (Å²) in [6.07, 6.45) is 1.44. The number of rotatable bonds is 6. The van der Waals surface area contributed by atoms with E-state index in [9.17, 15) is 18.4 Å². The summed E-state index contributed by atoms with van der Waals surface area (Å²) < 4.78 is 32.7. The van der Waals surface area contributed by atoms with E-state index in [4.69, 9.17) is 4.74 Å². The molecule has 1 heterocycles. The fraction of sp³-hybridized carbons (Fsp3) is 0.150. The molecule has 0 aliphatic rings. The number of halogens is 2. The Bertz CT molecular complexity index is 1030. The maximum Gasteiger partial charge on any atom is 0.355 e. The van der Waals surface area contributed by atoms with Crippen LogP contribution in [0.2, 0.25) is 0 Å². The van der Waals surface area contributed by atoms with Crippen LogP contribution in [0, 0.1) is 0 Å². The van der Waals surface area contributed by atoms with Crippen LogP contribution in [0.1, 0.15) is 24.9 Å². The highest BCUT2D eigenvalue weighted by Gasteiger charge is 2.20. The number of nitrogens with one attached hydrogen (secondary N) is 1. The Morgan fingerprint density at radius 2 is 1.82 bits per heavy atom. The Balaban J connectivity index is 1.83. The van der Waals surface area contributed by atoms with Gasteiger partial charge in [0.05, 0.1) is 11.0 Å². The molecule has 144 valence electrons. The molecule has 0 aliphatic heterocycles. The first-order chi connectivity index (χ1) is 13.5. The van der Waals surface area contributed by atoms with Crippen LogP contribution in [-0.4, -0.2) is 21.4 Å². The van der Waals surface area contributed by atoms with Crippen LogP contribution in [0.5, 0.6) is 0 Å². The number of carbonyl (C=O) groups excluding carboxylic acids is 2. The van der Waals surface area contributed by atoms with Gasteiger partial charge in [0, 0.05) is 6.92 Å². The molecule has 2 aromatic carbocycles. The van der Waals surface area contributed by atoms with Crippen molar-refractivity contribution in [2.24, 2.45) is 0 Å². The highest BCUT2D eigenvalue weighted by Crippen LogP contribution is 2.23. The summed E-state index contributed by atoms with van der Waals surface area (Å²) in [5, 5.41) is 2.40. The minimum Gasteiger partial charge on any atom is -0.453 e. The molecule has 0 radical (unpaired) electrons. The van der Waals surface area contributed by atoms with Crippen LogP contribution >= 0.6 is 0 Å². The summed E-state index contributed by atoms with van der Waals surface area (Å²) in [6, 6.07) is 15.2. The summed E-state index contributed by atoms with van der Waals surface area (Å²) in [5.41, 5.74) is 1.18. The Morgan fingerprint density at radius 3 is 2.50 bits per heavy atom. The molecule has 3 aromatic rings. The van der Waals surface area contributed by atoms with Gasteiger partial charge in [-0.05, 0) is 23.8 Å². The molecular weight excluding hydrogens is 368 g/mol. The third kappa shape index (κ3) is 4.40. The van der Waals surface area contributed by atoms with Gasteiger partial charge >= 0.3 is 12.5 Å². The number of para-hydroxylation sites is 2. The van der Waals surface area contributed by atoms with Gasteiger partial charge in [-0.1, -0.05) is 42.5 Å². The number of ether oxygens (including phenoxy) is 1. The first-order valence-electron chi connectivity index (χ1n) is 8.41. The number of carbonyl (C=O) groups is 2. The maximum atomic E-state index is 13.4. The van der Waals surface area contributed by atoms with Crippen molar-refractivity contribution < 1.29 is 23.1 Å². The second-order valence-corrected chi connectivity index (χ2v) is 5.89. The lowest BCUT2D eigenvalue weighted by molar-refractivity contribution is -0.142. The lowest BCUT2D eigenvalue weighted by Gasteiger charge is -2.11. The predicted molar refractivity (Wildman–Crippen MR) is 99.0 cm³/mol. The van der Waals surface area contributed by atoms with Crippen LogP contribution in [0.4, 0.5) is 8.78 Å². The van der Waals surface area contributed by atoms with Gasteiger partial charge in [-0.15, -0.1) is 0 Å². The minimum absolute atomic E-state index is 0.0913. The lowest BCUT2D eigenvalue weighted by Crippen LogP contribution is -2.26. The second kappa shape index (κ2) is 8.43. The van der Waals surface area contributed by atoms with Gasteiger partial charge in [0.25, 0.3) is 0 Å². The van der Waals surface area contributed by atoms with Gasteiger partial charge in [0.2, 0.25) is 5.91 Å². The van der Waals surface area contributed by atoms with Crippen molar-refractivity contribution in [3.8, 4) is 0 Å². The first-order valence-corrected chi connectivity index (χ1v) is 8.41. The van der Waals surface area contributed by atoms with E-state index in [1.54, 1.807) is 42.5 Å². The maximum absolute atomic E-state index is 13.4. The third-order valence-corrected chi connectivity index (χ3v) is 3.84. The lowest BCUT2D eigenvalue weighted by atomic mass is 10.2. The van der Waals surface area contributed by atoms with Gasteiger partial charge in [-0.3, -0.25) is 9.36 Å². The van der Waals surface area contributed by atoms with E-state index in [1.807, 2.05) is 6.07 Å². The second-order valence-electron chi connectivity index (χ2n) is 5.89. The number of fused-ring (bicyclic) bond motifs is 1. The number of amides is 1. The molecule has 0 fully saturated rings. The molecule has 0 bridgehead atoms. The predicted octanol–water partition coefficient (Wildman–Crippen LogP) is 3.65. The Morgan fingerprint density at radius 1 is 1.14 bits per heavy atom. The molecular formula is C20H17F2N3O3. The molecule has 6 nitrogen and oxygen atoms in total. The average Bonchev–Trinajstić information content (AvgIpc) is 3.04. The molecule has 0 spiro atoms. The van der Waals surface area contributed by atoms with Crippen LogP contribution in [-0.2, 0) is 20.9 Å². The van der Waals surface area contributed by atoms with E-state index >= 15 is 0 Å². The van der Waals surface area contributed by atoms with Crippen molar-refractivity contribution >= 4 is 29.0 Å². The van der Waals surface area contributed by atoms with Crippen molar-refractivity contribution in [3.63, 3.8) is 0 Å². The SMILES string of the molecule is CC(=O)N/C(=C/c1ccccc1)C(=O)OCc1nc2ccccc2n1C(F)F. The van der Waals surface area contributed by atoms with Crippen molar-refractivity contribution in [2.45, 2.75) is 20.1 Å². The molecule has 0 atom stereocenters. The fourth-order valence-corrected chi connectivity index (χ4v) is 2.67. The van der Waals surface area contributed by atoms with E-state index in [0.717, 1.165) is 0 Å². The van der Waals surface area contributed by atoms with Crippen LogP contribution in [0.25, 0.3) is 17.1 Å². The highest BCUT2D eigenvalue weighted by molar-refractivity contribution is 5.97. The fourth-order valence-electron chi connectivity index (χ4n) is 2.67.